The van der Waals surface area contributed by atoms with E-state index < -0.39 is 0 Å². The van der Waals surface area contributed by atoms with E-state index in [4.69, 9.17) is 0 Å². The van der Waals surface area contributed by atoms with Crippen molar-refractivity contribution in [3.63, 3.8) is 0 Å². The fraction of sp³-hybridized carbons (Fsp3) is 0.538. The number of nitrogens with one attached hydrogen (secondary N) is 1. The van der Waals surface area contributed by atoms with Crippen LogP contribution in [0.1, 0.15) is 36.0 Å². The van der Waals surface area contributed by atoms with Crippen LogP contribution in [0.15, 0.2) is 18.3 Å². The van der Waals surface area contributed by atoms with E-state index in [0.29, 0.717) is 6.04 Å². The van der Waals surface area contributed by atoms with E-state index >= 15 is 0 Å². The second-order valence-corrected chi connectivity index (χ2v) is 4.82. The molecule has 17 heavy (non-hydrogen) atoms. The number of nitrogens with zero attached hydrogens (tertiary/aromatic N) is 2. The van der Waals surface area contributed by atoms with Gasteiger partial charge >= 0.3 is 0 Å². The number of rotatable bonds is 3. The molecular formula is C13H17N3O. The first-order chi connectivity index (χ1) is 8.34. The number of pyridine rings is 1. The summed E-state index contributed by atoms with van der Waals surface area (Å²) in [6.45, 7) is 1.77. The molecule has 1 N–H and O–H groups in total. The third-order valence-electron chi connectivity index (χ3n) is 3.35. The number of carbonyl (C=O) groups excluding carboxylic acids is 1. The molecule has 1 aliphatic heterocycles. The molecule has 0 bridgehead atoms. The second-order valence-electron chi connectivity index (χ2n) is 4.82. The Labute approximate surface area is 101 Å². The summed E-state index contributed by atoms with van der Waals surface area (Å²) < 4.78 is 0. The van der Waals surface area contributed by atoms with Crippen LogP contribution in [-0.2, 0) is 0 Å². The van der Waals surface area contributed by atoms with Gasteiger partial charge in [0.05, 0.1) is 5.56 Å². The first-order valence-corrected chi connectivity index (χ1v) is 6.35. The zero-order valence-corrected chi connectivity index (χ0v) is 9.85. The van der Waals surface area contributed by atoms with Gasteiger partial charge in [-0.2, -0.15) is 0 Å². The summed E-state index contributed by atoms with van der Waals surface area (Å²) in [4.78, 5) is 18.5. The van der Waals surface area contributed by atoms with Crippen LogP contribution in [0.3, 0.4) is 0 Å². The molecule has 1 saturated heterocycles. The maximum atomic E-state index is 12.3. The lowest BCUT2D eigenvalue weighted by atomic mass is 10.2. The molecular weight excluding hydrogens is 214 g/mol. The van der Waals surface area contributed by atoms with Crippen LogP contribution in [0.2, 0.25) is 0 Å². The Morgan fingerprint density at radius 3 is 2.82 bits per heavy atom. The topological polar surface area (TPSA) is 45.2 Å². The van der Waals surface area contributed by atoms with Gasteiger partial charge in [-0.3, -0.25) is 4.79 Å². The molecule has 4 heteroatoms. The lowest BCUT2D eigenvalue weighted by Gasteiger charge is -2.17. The van der Waals surface area contributed by atoms with E-state index in [1.807, 2.05) is 17.0 Å². The molecule has 2 fully saturated rings. The number of likely N-dealkylation sites (tertiary alicyclic amines) is 1. The van der Waals surface area contributed by atoms with Crippen molar-refractivity contribution in [2.75, 3.05) is 18.4 Å². The highest BCUT2D eigenvalue weighted by Gasteiger charge is 2.26. The smallest absolute Gasteiger partial charge is 0.257 e. The molecule has 90 valence electrons. The third kappa shape index (κ3) is 2.25. The van der Waals surface area contributed by atoms with Gasteiger partial charge in [0.1, 0.15) is 5.82 Å². The minimum absolute atomic E-state index is 0.124. The molecule has 4 nitrogen and oxygen atoms in total. The van der Waals surface area contributed by atoms with Gasteiger partial charge in [-0.05, 0) is 37.8 Å². The molecule has 0 atom stereocenters. The van der Waals surface area contributed by atoms with Gasteiger partial charge in [0.15, 0.2) is 0 Å². The van der Waals surface area contributed by atoms with Crippen molar-refractivity contribution in [2.24, 2.45) is 0 Å². The highest BCUT2D eigenvalue weighted by atomic mass is 16.2. The molecule has 3 rings (SSSR count). The molecule has 1 aromatic heterocycles. The first kappa shape index (κ1) is 10.6. The number of amides is 1. The maximum Gasteiger partial charge on any atom is 0.257 e. The van der Waals surface area contributed by atoms with Crippen LogP contribution in [0.5, 0.6) is 0 Å². The van der Waals surface area contributed by atoms with Crippen LogP contribution in [0.4, 0.5) is 5.82 Å². The van der Waals surface area contributed by atoms with Crippen molar-refractivity contribution >= 4 is 11.7 Å². The van der Waals surface area contributed by atoms with E-state index in [1.165, 1.54) is 12.8 Å². The standard InChI is InChI=1S/C13H17N3O/c17-13(16-8-1-2-9-16)11-4-3-7-14-12(11)15-10-5-6-10/h3-4,7,10H,1-2,5-6,8-9H2,(H,14,15). The van der Waals surface area contributed by atoms with Crippen LogP contribution in [0, 0.1) is 0 Å². The van der Waals surface area contributed by atoms with Crippen LogP contribution in [0.25, 0.3) is 0 Å². The average Bonchev–Trinajstić information content (AvgIpc) is 3.00. The fourth-order valence-electron chi connectivity index (χ4n) is 2.20. The largest absolute Gasteiger partial charge is 0.367 e. The zero-order valence-electron chi connectivity index (χ0n) is 9.85. The summed E-state index contributed by atoms with van der Waals surface area (Å²) in [7, 11) is 0. The number of hydrogen-bond acceptors (Lipinski definition) is 3. The Kier molecular flexibility index (Phi) is 2.71. The van der Waals surface area contributed by atoms with Gasteiger partial charge in [-0.1, -0.05) is 0 Å². The summed E-state index contributed by atoms with van der Waals surface area (Å²) >= 11 is 0. The first-order valence-electron chi connectivity index (χ1n) is 6.35. The Bertz CT molecular complexity index is 422. The quantitative estimate of drug-likeness (QED) is 0.864. The van der Waals surface area contributed by atoms with Crippen molar-refractivity contribution in [2.45, 2.75) is 31.7 Å². The summed E-state index contributed by atoms with van der Waals surface area (Å²) in [5.41, 5.74) is 0.723. The second kappa shape index (κ2) is 4.35. The minimum atomic E-state index is 0.124. The van der Waals surface area contributed by atoms with E-state index in [0.717, 1.165) is 37.3 Å². The van der Waals surface area contributed by atoms with Crippen molar-refractivity contribution in [1.82, 2.24) is 9.88 Å². The lowest BCUT2D eigenvalue weighted by molar-refractivity contribution is 0.0793. The molecule has 1 aromatic rings. The number of carbonyl (C=O) groups is 1. The maximum absolute atomic E-state index is 12.3. The number of aromatic nitrogens is 1. The molecule has 1 aliphatic carbocycles. The van der Waals surface area contributed by atoms with E-state index in [-0.39, 0.29) is 5.91 Å². The molecule has 0 radical (unpaired) electrons. The molecule has 0 unspecified atom stereocenters. The normalized spacial score (nSPS) is 19.4. The van der Waals surface area contributed by atoms with Crippen molar-refractivity contribution in [1.29, 1.82) is 0 Å². The zero-order chi connectivity index (χ0) is 11.7. The van der Waals surface area contributed by atoms with Crippen molar-refractivity contribution in [3.8, 4) is 0 Å². The van der Waals surface area contributed by atoms with Gasteiger partial charge in [-0.25, -0.2) is 4.98 Å². The van der Waals surface area contributed by atoms with Gasteiger partial charge in [0, 0.05) is 25.3 Å². The van der Waals surface area contributed by atoms with E-state index in [2.05, 4.69) is 10.3 Å². The van der Waals surface area contributed by atoms with Gasteiger partial charge in [-0.15, -0.1) is 0 Å². The van der Waals surface area contributed by atoms with E-state index in [9.17, 15) is 4.79 Å². The Morgan fingerprint density at radius 1 is 1.35 bits per heavy atom. The molecule has 0 spiro atoms. The summed E-state index contributed by atoms with van der Waals surface area (Å²) in [5.74, 6) is 0.880. The SMILES string of the molecule is O=C(c1cccnc1NC1CC1)N1CCCC1. The molecule has 2 aliphatic rings. The van der Waals surface area contributed by atoms with Crippen LogP contribution >= 0.6 is 0 Å². The van der Waals surface area contributed by atoms with Crippen LogP contribution < -0.4 is 5.32 Å². The number of hydrogen-bond donors (Lipinski definition) is 1. The van der Waals surface area contributed by atoms with Gasteiger partial charge < -0.3 is 10.2 Å². The lowest BCUT2D eigenvalue weighted by Crippen LogP contribution is -2.28. The predicted molar refractivity (Wildman–Crippen MR) is 66.0 cm³/mol. The monoisotopic (exact) mass is 231 g/mol. The average molecular weight is 231 g/mol. The van der Waals surface area contributed by atoms with E-state index in [1.54, 1.807) is 6.20 Å². The highest BCUT2D eigenvalue weighted by molar-refractivity contribution is 5.98. The Hall–Kier alpha value is -1.58. The predicted octanol–water partition coefficient (Wildman–Crippen LogP) is 1.89. The summed E-state index contributed by atoms with van der Waals surface area (Å²) in [5, 5.41) is 3.33. The Balaban J connectivity index is 1.81. The molecule has 1 amide bonds. The van der Waals surface area contributed by atoms with Gasteiger partial charge in [0.25, 0.3) is 5.91 Å². The van der Waals surface area contributed by atoms with Crippen molar-refractivity contribution < 1.29 is 4.79 Å². The third-order valence-corrected chi connectivity index (χ3v) is 3.35. The highest BCUT2D eigenvalue weighted by Crippen LogP contribution is 2.26. The van der Waals surface area contributed by atoms with Crippen LogP contribution in [-0.4, -0.2) is 34.9 Å². The molecule has 1 saturated carbocycles. The summed E-state index contributed by atoms with van der Waals surface area (Å²) in [6.07, 6.45) is 6.36. The molecule has 2 heterocycles. The minimum Gasteiger partial charge on any atom is -0.367 e. The Morgan fingerprint density at radius 2 is 2.12 bits per heavy atom. The summed E-state index contributed by atoms with van der Waals surface area (Å²) in [6, 6.07) is 4.23. The molecule has 0 aromatic carbocycles. The van der Waals surface area contributed by atoms with Crippen molar-refractivity contribution in [3.05, 3.63) is 23.9 Å². The number of anilines is 1. The van der Waals surface area contributed by atoms with Gasteiger partial charge in [0.2, 0.25) is 0 Å². The fourth-order valence-corrected chi connectivity index (χ4v) is 2.20.